The molecule has 68 heavy (non-hydrogen) atoms. The Morgan fingerprint density at radius 3 is 1.22 bits per heavy atom. The van der Waals surface area contributed by atoms with Gasteiger partial charge in [0.1, 0.15) is 0 Å². The summed E-state index contributed by atoms with van der Waals surface area (Å²) in [6.45, 7) is 5.12. The summed E-state index contributed by atoms with van der Waals surface area (Å²) in [5, 5.41) is 5.29. The molecule has 6 aromatic rings. The zero-order valence-electron chi connectivity index (χ0n) is 40.5. The van der Waals surface area contributed by atoms with Gasteiger partial charge in [0, 0.05) is 0 Å². The Kier molecular flexibility index (Phi) is 10.3. The first-order chi connectivity index (χ1) is 33.1. The number of hydrogen-bond acceptors (Lipinski definition) is 0. The van der Waals surface area contributed by atoms with Crippen LogP contribution in [0.3, 0.4) is 0 Å². The summed E-state index contributed by atoms with van der Waals surface area (Å²) >= 11 is -5.30. The molecule has 0 nitrogen and oxygen atoms in total. The third kappa shape index (κ3) is 6.71. The Bertz CT molecular complexity index is 2820. The van der Waals surface area contributed by atoms with Crippen LogP contribution in [0.25, 0.3) is 56.0 Å². The Hall–Kier alpha value is -3.00. The van der Waals surface area contributed by atoms with Crippen molar-refractivity contribution in [2.24, 2.45) is 46.3 Å². The zero-order valence-corrected chi connectivity index (χ0v) is 45.6. The van der Waals surface area contributed by atoms with Gasteiger partial charge in [-0.2, -0.15) is 0 Å². The van der Waals surface area contributed by atoms with E-state index in [0.717, 1.165) is 41.9 Å². The molecule has 4 heteroatoms. The van der Waals surface area contributed by atoms with E-state index in [4.69, 9.17) is 0 Å². The number of hydrogen-bond donors (Lipinski definition) is 0. The summed E-state index contributed by atoms with van der Waals surface area (Å²) in [7, 11) is 19.4. The molecule has 0 heterocycles. The molecule has 0 N–H and O–H groups in total. The Labute approximate surface area is 415 Å². The molecule has 3 atom stereocenters. The first-order valence-electron chi connectivity index (χ1n) is 27.3. The maximum atomic E-state index is 9.70. The van der Waals surface area contributed by atoms with Gasteiger partial charge in [0.2, 0.25) is 0 Å². The van der Waals surface area contributed by atoms with Crippen LogP contribution >= 0.6 is 17.0 Å². The minimum atomic E-state index is -5.30. The van der Waals surface area contributed by atoms with Crippen LogP contribution < -0.4 is 0 Å². The van der Waals surface area contributed by atoms with Crippen molar-refractivity contribution in [1.29, 1.82) is 0 Å². The van der Waals surface area contributed by atoms with Gasteiger partial charge in [-0.1, -0.05) is 0 Å². The summed E-state index contributed by atoms with van der Waals surface area (Å²) in [6.07, 6.45) is 26.3. The molecule has 10 aliphatic rings. The van der Waals surface area contributed by atoms with Crippen molar-refractivity contribution in [3.63, 3.8) is 0 Å². The van der Waals surface area contributed by atoms with Crippen LogP contribution in [-0.2, 0) is 15.6 Å². The predicted octanol–water partition coefficient (Wildman–Crippen LogP) is 18.9. The molecule has 0 saturated heterocycles. The molecule has 16 rings (SSSR count). The van der Waals surface area contributed by atoms with Crippen molar-refractivity contribution in [1.82, 2.24) is 0 Å². The predicted molar refractivity (Wildman–Crippen MR) is 290 cm³/mol. The van der Waals surface area contributed by atoms with Gasteiger partial charge in [-0.25, -0.2) is 0 Å². The number of benzene rings is 6. The Morgan fingerprint density at radius 1 is 0.471 bits per heavy atom. The van der Waals surface area contributed by atoms with Crippen molar-refractivity contribution in [2.75, 3.05) is 0 Å². The number of fused-ring (bicyclic) bond motifs is 4. The van der Waals surface area contributed by atoms with Crippen LogP contribution in [-0.4, -0.2) is 5.92 Å². The second kappa shape index (κ2) is 16.0. The standard InChI is InChI=1S/2C30H29.C4H11Si.2ClH.Zr/c2*1-2-8-26-24(5-1)6-3-9-27(26)28-10-4-7-25-14-23(15-29(25)28)19-30-16-20-11-21(17-30)13-22(12-20)18-30;1-3-4-5-2;;;/h2*1-10,14-15,20-22H,11-13,16-19H2;5H,3-4H2,1-2H3;2*1H;/q;;;;;+2/p-2. The average molecular weight is 1030 g/mol. The summed E-state index contributed by atoms with van der Waals surface area (Å²) in [4.78, 5) is 0. The summed E-state index contributed by atoms with van der Waals surface area (Å²) in [6, 6.07) is 47.9. The van der Waals surface area contributed by atoms with Gasteiger partial charge >= 0.3 is 419 Å². The fraction of sp³-hybridized carbons (Fsp3) is 0.438. The van der Waals surface area contributed by atoms with Gasteiger partial charge in [-0.15, -0.1) is 0 Å². The molecule has 0 amide bonds. The minimum absolute atomic E-state index is 0.114. The van der Waals surface area contributed by atoms with Gasteiger partial charge in [-0.3, -0.25) is 0 Å². The zero-order chi connectivity index (χ0) is 45.6. The van der Waals surface area contributed by atoms with E-state index in [0.29, 0.717) is 10.8 Å². The topological polar surface area (TPSA) is 0 Å². The van der Waals surface area contributed by atoms with Crippen molar-refractivity contribution >= 4 is 56.6 Å². The van der Waals surface area contributed by atoms with Gasteiger partial charge in [0.25, 0.3) is 0 Å². The molecule has 8 fully saturated rings. The molecule has 0 radical (unpaired) electrons. The van der Waals surface area contributed by atoms with Crippen molar-refractivity contribution in [3.8, 4) is 22.3 Å². The number of rotatable bonds is 11. The molecule has 0 spiro atoms. The second-order valence-electron chi connectivity index (χ2n) is 25.1. The Morgan fingerprint density at radius 2 is 0.824 bits per heavy atom. The van der Waals surface area contributed by atoms with Crippen LogP contribution in [0, 0.1) is 46.3 Å². The first-order valence-corrected chi connectivity index (χ1v) is 43.2. The summed E-state index contributed by atoms with van der Waals surface area (Å²) < 4.78 is 0.227. The normalized spacial score (nSPS) is 32.8. The molecule has 10 aliphatic carbocycles. The first kappa shape index (κ1) is 43.8. The summed E-state index contributed by atoms with van der Waals surface area (Å²) in [5.41, 5.74) is 15.3. The van der Waals surface area contributed by atoms with Crippen LogP contribution in [0.1, 0.15) is 133 Å². The van der Waals surface area contributed by atoms with Gasteiger partial charge in [0.05, 0.1) is 0 Å². The SMILES string of the molecule is CCC[SiH](C)[Zr]([Cl])([Cl])([CH]1C(CC23CC4CC(CC(C4)C2)C3)=Cc2c(-c3cccc4ccccc34)cccc21)[CH]1C(CC23CC4CC(CC(C4)C2)C3)=Cc2c(-c3cccc4ccccc34)cccc21. The number of allylic oxidation sites excluding steroid dienone is 2. The molecule has 8 bridgehead atoms. The molecular formula is C64H69Cl2SiZr. The third-order valence-electron chi connectivity index (χ3n) is 20.7. The van der Waals surface area contributed by atoms with Gasteiger partial charge < -0.3 is 0 Å². The maximum absolute atomic E-state index is 9.70. The molecule has 347 valence electrons. The van der Waals surface area contributed by atoms with Gasteiger partial charge in [-0.05, 0) is 0 Å². The van der Waals surface area contributed by atoms with E-state index < -0.39 is 21.5 Å². The molecule has 0 aliphatic heterocycles. The van der Waals surface area contributed by atoms with Crippen molar-refractivity contribution < 1.29 is 15.6 Å². The third-order valence-corrected chi connectivity index (χ3v) is 71.2. The van der Waals surface area contributed by atoms with E-state index in [1.807, 2.05) is 0 Å². The summed E-state index contributed by atoms with van der Waals surface area (Å²) in [5.74, 6) is 3.60. The molecule has 6 aromatic carbocycles. The van der Waals surface area contributed by atoms with Crippen LogP contribution in [0.2, 0.25) is 12.6 Å². The van der Waals surface area contributed by atoms with E-state index in [-0.39, 0.29) is 7.25 Å². The van der Waals surface area contributed by atoms with E-state index in [2.05, 4.69) is 147 Å². The van der Waals surface area contributed by atoms with Crippen molar-refractivity contribution in [2.45, 2.75) is 123 Å². The molecule has 0 aromatic heterocycles. The quantitative estimate of drug-likeness (QED) is 0.113. The molecular weight excluding hydrogens is 959 g/mol. The Balaban J connectivity index is 1.00. The van der Waals surface area contributed by atoms with E-state index in [1.54, 1.807) is 11.1 Å². The van der Waals surface area contributed by atoms with E-state index in [1.165, 1.54) is 162 Å². The van der Waals surface area contributed by atoms with Crippen LogP contribution in [0.5, 0.6) is 0 Å². The van der Waals surface area contributed by atoms with E-state index in [9.17, 15) is 17.0 Å². The van der Waals surface area contributed by atoms with Crippen LogP contribution in [0.4, 0.5) is 0 Å². The monoisotopic (exact) mass is 1030 g/mol. The number of halogens is 2. The van der Waals surface area contributed by atoms with Gasteiger partial charge in [0.15, 0.2) is 0 Å². The second-order valence-corrected chi connectivity index (χ2v) is 66.4. The fourth-order valence-electron chi connectivity index (χ4n) is 19.3. The molecule has 8 saturated carbocycles. The van der Waals surface area contributed by atoms with Crippen LogP contribution in [0.15, 0.2) is 132 Å². The van der Waals surface area contributed by atoms with E-state index >= 15 is 0 Å². The fourth-order valence-corrected chi connectivity index (χ4v) is 60.4. The average Bonchev–Trinajstić information content (AvgIpc) is 3.89. The molecule has 3 unspecified atom stereocenters. The van der Waals surface area contributed by atoms with Crippen molar-refractivity contribution in [3.05, 3.63) is 155 Å².